The fraction of sp³-hybridized carbons (Fsp3) is 0.526. The number of carbonyl (C=O) groups is 1. The lowest BCUT2D eigenvalue weighted by molar-refractivity contribution is 0.0935. The number of nitrogens with zero attached hydrogens (tertiary/aromatic N) is 4. The predicted molar refractivity (Wildman–Crippen MR) is 93.8 cm³/mol. The number of carbonyl (C=O) groups excluding carboxylic acids is 1. The lowest BCUT2D eigenvalue weighted by atomic mass is 10.0. The quantitative estimate of drug-likeness (QED) is 0.780. The second kappa shape index (κ2) is 7.04. The zero-order valence-corrected chi connectivity index (χ0v) is 15.1. The highest BCUT2D eigenvalue weighted by Gasteiger charge is 2.29. The second-order valence-electron chi connectivity index (χ2n) is 7.66. The first-order valence-electron chi connectivity index (χ1n) is 8.77. The first-order chi connectivity index (χ1) is 11.8. The monoisotopic (exact) mass is 344 g/mol. The van der Waals surface area contributed by atoms with Gasteiger partial charge in [0.1, 0.15) is 18.0 Å². The van der Waals surface area contributed by atoms with Crippen LogP contribution in [0.5, 0.6) is 0 Å². The number of likely N-dealkylation sites (tertiary alicyclic amines) is 1. The molecule has 0 radical (unpaired) electrons. The van der Waals surface area contributed by atoms with E-state index < -0.39 is 0 Å². The summed E-state index contributed by atoms with van der Waals surface area (Å²) in [5.74, 6) is 0.670. The van der Waals surface area contributed by atoms with Gasteiger partial charge in [-0.2, -0.15) is 5.10 Å². The third kappa shape index (κ3) is 4.12. The summed E-state index contributed by atoms with van der Waals surface area (Å²) in [5, 5.41) is 4.35. The molecule has 3 rings (SSSR count). The molecule has 1 aromatic heterocycles. The number of rotatable bonds is 5. The molecular weight excluding hydrogens is 319 g/mol. The van der Waals surface area contributed by atoms with Gasteiger partial charge in [0.2, 0.25) is 0 Å². The number of Topliss-reactive ketones (excluding diaryl/α,β-unsaturated/α-hetero) is 1. The molecule has 0 N–H and O–H groups in total. The molecule has 134 valence electrons. The van der Waals surface area contributed by atoms with E-state index in [4.69, 9.17) is 0 Å². The molecule has 25 heavy (non-hydrogen) atoms. The van der Waals surface area contributed by atoms with Crippen molar-refractivity contribution < 1.29 is 9.18 Å². The lowest BCUT2D eigenvalue weighted by Crippen LogP contribution is -2.34. The number of ketones is 1. The fourth-order valence-electron chi connectivity index (χ4n) is 3.42. The van der Waals surface area contributed by atoms with Crippen LogP contribution in [0.2, 0.25) is 0 Å². The smallest absolute Gasteiger partial charge is 0.164 e. The SMILES string of the molecule is CC(C)(C)n1ncnc1CN1CCC[C@H]1CC(=O)c1ccc(F)cc1. The van der Waals surface area contributed by atoms with Crippen LogP contribution in [-0.4, -0.2) is 38.0 Å². The van der Waals surface area contributed by atoms with Crippen LogP contribution in [0.15, 0.2) is 30.6 Å². The molecule has 0 bridgehead atoms. The largest absolute Gasteiger partial charge is 0.294 e. The summed E-state index contributed by atoms with van der Waals surface area (Å²) in [6.45, 7) is 7.96. The average molecular weight is 344 g/mol. The maximum Gasteiger partial charge on any atom is 0.164 e. The van der Waals surface area contributed by atoms with E-state index in [-0.39, 0.29) is 23.2 Å². The van der Waals surface area contributed by atoms with Crippen molar-refractivity contribution in [3.63, 3.8) is 0 Å². The molecule has 1 saturated heterocycles. The number of halogens is 1. The summed E-state index contributed by atoms with van der Waals surface area (Å²) >= 11 is 0. The number of hydrogen-bond acceptors (Lipinski definition) is 4. The fourth-order valence-corrected chi connectivity index (χ4v) is 3.42. The van der Waals surface area contributed by atoms with Gasteiger partial charge in [0, 0.05) is 18.0 Å². The van der Waals surface area contributed by atoms with Crippen molar-refractivity contribution in [3.05, 3.63) is 47.8 Å². The molecule has 0 saturated carbocycles. The molecule has 2 heterocycles. The Hall–Kier alpha value is -2.08. The van der Waals surface area contributed by atoms with Gasteiger partial charge in [0.15, 0.2) is 5.78 Å². The zero-order chi connectivity index (χ0) is 18.0. The molecule has 1 aliphatic heterocycles. The summed E-state index contributed by atoms with van der Waals surface area (Å²) in [6, 6.07) is 6.00. The van der Waals surface area contributed by atoms with Crippen molar-refractivity contribution in [2.75, 3.05) is 6.54 Å². The van der Waals surface area contributed by atoms with E-state index in [1.54, 1.807) is 18.5 Å². The molecule has 6 heteroatoms. The second-order valence-corrected chi connectivity index (χ2v) is 7.66. The van der Waals surface area contributed by atoms with Crippen LogP contribution in [0.4, 0.5) is 4.39 Å². The Morgan fingerprint density at radius 3 is 2.68 bits per heavy atom. The zero-order valence-electron chi connectivity index (χ0n) is 15.1. The van der Waals surface area contributed by atoms with Crippen molar-refractivity contribution in [3.8, 4) is 0 Å². The van der Waals surface area contributed by atoms with Gasteiger partial charge in [-0.25, -0.2) is 14.1 Å². The van der Waals surface area contributed by atoms with Gasteiger partial charge in [0.25, 0.3) is 0 Å². The van der Waals surface area contributed by atoms with Gasteiger partial charge >= 0.3 is 0 Å². The van der Waals surface area contributed by atoms with Crippen LogP contribution in [0.25, 0.3) is 0 Å². The minimum Gasteiger partial charge on any atom is -0.294 e. The molecule has 0 aliphatic carbocycles. The van der Waals surface area contributed by atoms with E-state index in [2.05, 4.69) is 35.8 Å². The molecule has 1 aromatic carbocycles. The highest BCUT2D eigenvalue weighted by Crippen LogP contribution is 2.25. The third-order valence-electron chi connectivity index (χ3n) is 4.68. The summed E-state index contributed by atoms with van der Waals surface area (Å²) < 4.78 is 15.0. The topological polar surface area (TPSA) is 51.0 Å². The minimum atomic E-state index is -0.319. The first-order valence-corrected chi connectivity index (χ1v) is 8.77. The van der Waals surface area contributed by atoms with E-state index in [1.165, 1.54) is 12.1 Å². The molecule has 0 unspecified atom stereocenters. The Bertz CT molecular complexity index is 733. The molecule has 0 amide bonds. The maximum absolute atomic E-state index is 13.0. The Morgan fingerprint density at radius 1 is 1.28 bits per heavy atom. The molecule has 1 atom stereocenters. The lowest BCUT2D eigenvalue weighted by Gasteiger charge is -2.26. The normalized spacial score (nSPS) is 18.6. The number of benzene rings is 1. The van der Waals surface area contributed by atoms with Gasteiger partial charge in [-0.05, 0) is 64.4 Å². The molecule has 1 aliphatic rings. The Labute approximate surface area is 147 Å². The Morgan fingerprint density at radius 2 is 2.00 bits per heavy atom. The van der Waals surface area contributed by atoms with Gasteiger partial charge in [-0.15, -0.1) is 0 Å². The highest BCUT2D eigenvalue weighted by molar-refractivity contribution is 5.96. The van der Waals surface area contributed by atoms with Crippen LogP contribution < -0.4 is 0 Å². The van der Waals surface area contributed by atoms with E-state index in [0.717, 1.165) is 25.2 Å². The van der Waals surface area contributed by atoms with Crippen LogP contribution in [0.3, 0.4) is 0 Å². The molecule has 1 fully saturated rings. The van der Waals surface area contributed by atoms with Crippen molar-refractivity contribution in [1.29, 1.82) is 0 Å². The maximum atomic E-state index is 13.0. The summed E-state index contributed by atoms with van der Waals surface area (Å²) in [4.78, 5) is 19.2. The van der Waals surface area contributed by atoms with Crippen molar-refractivity contribution in [2.24, 2.45) is 0 Å². The van der Waals surface area contributed by atoms with Gasteiger partial charge in [-0.3, -0.25) is 9.69 Å². The predicted octanol–water partition coefficient (Wildman–Crippen LogP) is 3.41. The van der Waals surface area contributed by atoms with Crippen LogP contribution in [0.1, 0.15) is 56.2 Å². The Balaban J connectivity index is 1.68. The van der Waals surface area contributed by atoms with Crippen LogP contribution in [-0.2, 0) is 12.1 Å². The van der Waals surface area contributed by atoms with Gasteiger partial charge in [0.05, 0.1) is 12.1 Å². The molecule has 5 nitrogen and oxygen atoms in total. The molecule has 0 spiro atoms. The van der Waals surface area contributed by atoms with Crippen LogP contribution >= 0.6 is 0 Å². The van der Waals surface area contributed by atoms with E-state index in [0.29, 0.717) is 18.5 Å². The number of aromatic nitrogens is 3. The molecular formula is C19H25FN4O. The Kier molecular flexibility index (Phi) is 4.99. The van der Waals surface area contributed by atoms with Gasteiger partial charge in [-0.1, -0.05) is 0 Å². The summed E-state index contributed by atoms with van der Waals surface area (Å²) in [5.41, 5.74) is 0.455. The average Bonchev–Trinajstić information content (AvgIpc) is 3.18. The highest BCUT2D eigenvalue weighted by atomic mass is 19.1. The first kappa shape index (κ1) is 17.7. The summed E-state index contributed by atoms with van der Waals surface area (Å²) in [7, 11) is 0. The summed E-state index contributed by atoms with van der Waals surface area (Å²) in [6.07, 6.45) is 4.12. The minimum absolute atomic E-state index is 0.0641. The van der Waals surface area contributed by atoms with Gasteiger partial charge < -0.3 is 0 Å². The number of hydrogen-bond donors (Lipinski definition) is 0. The standard InChI is InChI=1S/C19H25FN4O/c1-19(2,3)24-18(21-13-22-24)12-23-10-4-5-16(23)11-17(25)14-6-8-15(20)9-7-14/h6-9,13,16H,4-5,10-12H2,1-3H3/t16-/m0/s1. The van der Waals surface area contributed by atoms with E-state index in [1.807, 2.05) is 4.68 Å². The van der Waals surface area contributed by atoms with Crippen molar-refractivity contribution in [1.82, 2.24) is 19.7 Å². The van der Waals surface area contributed by atoms with E-state index in [9.17, 15) is 9.18 Å². The van der Waals surface area contributed by atoms with Crippen molar-refractivity contribution in [2.45, 2.75) is 58.2 Å². The van der Waals surface area contributed by atoms with Crippen molar-refractivity contribution >= 4 is 5.78 Å². The van der Waals surface area contributed by atoms with Crippen LogP contribution in [0, 0.1) is 5.82 Å². The van der Waals surface area contributed by atoms with E-state index >= 15 is 0 Å². The third-order valence-corrected chi connectivity index (χ3v) is 4.68. The molecule has 2 aromatic rings.